The van der Waals surface area contributed by atoms with Crippen LogP contribution in [0.4, 0.5) is 0 Å². The van der Waals surface area contributed by atoms with Gasteiger partial charge in [0, 0.05) is 6.61 Å². The maximum absolute atomic E-state index is 9.95. The fraction of sp³-hybridized carbons (Fsp3) is 0.920. The normalized spacial score (nSPS) is 22.9. The molecule has 0 amide bonds. The largest absolute Gasteiger partial charge is 0.388 e. The van der Waals surface area contributed by atoms with Gasteiger partial charge in [0.2, 0.25) is 0 Å². The van der Waals surface area contributed by atoms with Crippen molar-refractivity contribution in [3.63, 3.8) is 0 Å². The van der Waals surface area contributed by atoms with E-state index < -0.39 is 24.4 Å². The number of allylic oxidation sites excluding steroid dienone is 2. The minimum absolute atomic E-state index is 0.0678. The minimum atomic E-state index is -1.03. The molecule has 0 unspecified atom stereocenters. The van der Waals surface area contributed by atoms with E-state index in [0.29, 0.717) is 6.61 Å². The van der Waals surface area contributed by atoms with E-state index in [1.165, 1.54) is 83.5 Å². The van der Waals surface area contributed by atoms with E-state index in [4.69, 9.17) is 9.47 Å². The summed E-state index contributed by atoms with van der Waals surface area (Å²) in [4.78, 5) is 0. The van der Waals surface area contributed by atoms with Gasteiger partial charge in [-0.2, -0.15) is 0 Å². The van der Waals surface area contributed by atoms with Gasteiger partial charge in [-0.1, -0.05) is 83.3 Å². The second-order valence-corrected chi connectivity index (χ2v) is 8.79. The molecule has 1 heterocycles. The zero-order valence-corrected chi connectivity index (χ0v) is 19.4. The van der Waals surface area contributed by atoms with Crippen molar-refractivity contribution in [2.24, 2.45) is 0 Å². The summed E-state index contributed by atoms with van der Waals surface area (Å²) in [5.41, 5.74) is 0. The average Bonchev–Trinajstić information content (AvgIpc) is 3.08. The summed E-state index contributed by atoms with van der Waals surface area (Å²) in [6.07, 6.45) is 20.5. The van der Waals surface area contributed by atoms with Gasteiger partial charge in [-0.3, -0.25) is 0 Å². The molecule has 1 fully saturated rings. The second-order valence-electron chi connectivity index (χ2n) is 8.79. The Morgan fingerprint density at radius 2 is 1.37 bits per heavy atom. The summed E-state index contributed by atoms with van der Waals surface area (Å²) in [6, 6.07) is 0. The molecule has 0 aliphatic carbocycles. The third-order valence-electron chi connectivity index (χ3n) is 5.91. The van der Waals surface area contributed by atoms with Crippen LogP contribution in [-0.4, -0.2) is 59.6 Å². The van der Waals surface area contributed by atoms with Crippen molar-refractivity contribution in [3.05, 3.63) is 12.2 Å². The van der Waals surface area contributed by atoms with Gasteiger partial charge in [0.25, 0.3) is 0 Å². The molecule has 5 nitrogen and oxygen atoms in total. The summed E-state index contributed by atoms with van der Waals surface area (Å²) < 4.78 is 10.7. The highest BCUT2D eigenvalue weighted by Crippen LogP contribution is 2.18. The van der Waals surface area contributed by atoms with E-state index in [1.807, 2.05) is 0 Å². The van der Waals surface area contributed by atoms with E-state index in [1.54, 1.807) is 0 Å². The first-order valence-electron chi connectivity index (χ1n) is 12.5. The minimum Gasteiger partial charge on any atom is -0.388 e. The fourth-order valence-corrected chi connectivity index (χ4v) is 3.89. The molecule has 0 saturated carbocycles. The molecule has 5 heteroatoms. The Labute approximate surface area is 184 Å². The Kier molecular flexibility index (Phi) is 17.7. The van der Waals surface area contributed by atoms with Crippen LogP contribution in [0.1, 0.15) is 103 Å². The van der Waals surface area contributed by atoms with Crippen molar-refractivity contribution < 1.29 is 24.8 Å². The van der Waals surface area contributed by atoms with Crippen molar-refractivity contribution in [1.29, 1.82) is 0 Å². The van der Waals surface area contributed by atoms with Crippen LogP contribution >= 0.6 is 0 Å². The maximum Gasteiger partial charge on any atom is 0.114 e. The molecular weight excluding hydrogens is 380 g/mol. The number of aliphatic hydroxyl groups excluding tert-OH is 3. The third-order valence-corrected chi connectivity index (χ3v) is 5.91. The van der Waals surface area contributed by atoms with Crippen LogP contribution in [0.2, 0.25) is 0 Å². The van der Waals surface area contributed by atoms with Crippen LogP contribution in [0, 0.1) is 0 Å². The van der Waals surface area contributed by atoms with Gasteiger partial charge in [0.05, 0.1) is 13.2 Å². The van der Waals surface area contributed by atoms with Crippen LogP contribution in [0.5, 0.6) is 0 Å². The Balaban J connectivity index is 1.77. The lowest BCUT2D eigenvalue weighted by Crippen LogP contribution is -2.40. The molecule has 1 rings (SSSR count). The predicted octanol–water partition coefficient (Wildman–Crippen LogP) is 4.91. The first-order chi connectivity index (χ1) is 14.7. The number of unbranched alkanes of at least 4 members (excludes halogenated alkanes) is 13. The highest BCUT2D eigenvalue weighted by atomic mass is 16.5. The summed E-state index contributed by atoms with van der Waals surface area (Å²) in [5.74, 6) is 0. The highest BCUT2D eigenvalue weighted by Gasteiger charge is 2.39. The molecule has 30 heavy (non-hydrogen) atoms. The van der Waals surface area contributed by atoms with Gasteiger partial charge < -0.3 is 24.8 Å². The maximum atomic E-state index is 9.95. The van der Waals surface area contributed by atoms with Gasteiger partial charge in [-0.05, 0) is 32.1 Å². The van der Waals surface area contributed by atoms with Crippen molar-refractivity contribution in [3.8, 4) is 0 Å². The van der Waals surface area contributed by atoms with Gasteiger partial charge in [0.1, 0.15) is 24.4 Å². The number of aliphatic hydroxyl groups is 3. The second kappa shape index (κ2) is 19.2. The lowest BCUT2D eigenvalue weighted by atomic mass is 10.1. The Bertz CT molecular complexity index is 401. The molecule has 1 aliphatic rings. The molecule has 0 aromatic rings. The zero-order valence-electron chi connectivity index (χ0n) is 19.4. The van der Waals surface area contributed by atoms with Crippen LogP contribution in [0.3, 0.4) is 0 Å². The van der Waals surface area contributed by atoms with Gasteiger partial charge >= 0.3 is 0 Å². The molecule has 1 aliphatic heterocycles. The Morgan fingerprint density at radius 1 is 0.833 bits per heavy atom. The first-order valence-corrected chi connectivity index (χ1v) is 12.5. The van der Waals surface area contributed by atoms with E-state index in [-0.39, 0.29) is 13.2 Å². The molecular formula is C25H48O5. The molecule has 0 aromatic heterocycles. The van der Waals surface area contributed by atoms with E-state index in [2.05, 4.69) is 19.1 Å². The Morgan fingerprint density at radius 3 is 1.90 bits per heavy atom. The predicted molar refractivity (Wildman–Crippen MR) is 123 cm³/mol. The smallest absolute Gasteiger partial charge is 0.114 e. The summed E-state index contributed by atoms with van der Waals surface area (Å²) >= 11 is 0. The quantitative estimate of drug-likeness (QED) is 0.190. The van der Waals surface area contributed by atoms with E-state index in [9.17, 15) is 15.3 Å². The standard InChI is InChI=1S/C25H48O5/c1-2-3-4-5-6-7-8-9-10-11-12-13-14-15-16-17-18-19-29-20-23(27)25-24(28)22(26)21-30-25/h9-10,22-28H,2-8,11-21H2,1H3/b10-9+/t22-,23+,24+,25+/m0/s1. The lowest BCUT2D eigenvalue weighted by molar-refractivity contribution is -0.0813. The Hall–Kier alpha value is -0.460. The van der Waals surface area contributed by atoms with Crippen LogP contribution < -0.4 is 0 Å². The molecule has 0 radical (unpaired) electrons. The summed E-state index contributed by atoms with van der Waals surface area (Å²) in [7, 11) is 0. The monoisotopic (exact) mass is 428 g/mol. The van der Waals surface area contributed by atoms with Crippen molar-refractivity contribution >= 4 is 0 Å². The van der Waals surface area contributed by atoms with Crippen molar-refractivity contribution in [2.75, 3.05) is 19.8 Å². The first kappa shape index (κ1) is 27.6. The van der Waals surface area contributed by atoms with Crippen molar-refractivity contribution in [2.45, 2.75) is 128 Å². The fourth-order valence-electron chi connectivity index (χ4n) is 3.89. The topological polar surface area (TPSA) is 79.2 Å². The molecule has 178 valence electrons. The summed E-state index contributed by atoms with van der Waals surface area (Å²) in [6.45, 7) is 3.09. The number of ether oxygens (including phenoxy) is 2. The lowest BCUT2D eigenvalue weighted by Gasteiger charge is -2.20. The number of hydrogen-bond acceptors (Lipinski definition) is 5. The SMILES string of the molecule is CCCCCCCC/C=C/CCCCCCCCCOC[C@@H](O)[C@H]1OC[C@H](O)[C@H]1O. The van der Waals surface area contributed by atoms with Gasteiger partial charge in [-0.15, -0.1) is 0 Å². The number of hydrogen-bond donors (Lipinski definition) is 3. The van der Waals surface area contributed by atoms with Gasteiger partial charge in [-0.25, -0.2) is 0 Å². The molecule has 0 aromatic carbocycles. The zero-order chi connectivity index (χ0) is 21.9. The molecule has 0 bridgehead atoms. The molecule has 1 saturated heterocycles. The highest BCUT2D eigenvalue weighted by molar-refractivity contribution is 4.87. The van der Waals surface area contributed by atoms with Gasteiger partial charge in [0.15, 0.2) is 0 Å². The van der Waals surface area contributed by atoms with Crippen LogP contribution in [-0.2, 0) is 9.47 Å². The molecule has 3 N–H and O–H groups in total. The number of rotatable bonds is 20. The van der Waals surface area contributed by atoms with Crippen LogP contribution in [0.25, 0.3) is 0 Å². The summed E-state index contributed by atoms with van der Waals surface area (Å²) in [5, 5.41) is 29.1. The van der Waals surface area contributed by atoms with E-state index in [0.717, 1.165) is 12.8 Å². The van der Waals surface area contributed by atoms with Crippen molar-refractivity contribution in [1.82, 2.24) is 0 Å². The molecule has 0 spiro atoms. The van der Waals surface area contributed by atoms with Crippen LogP contribution in [0.15, 0.2) is 12.2 Å². The molecule has 4 atom stereocenters. The third kappa shape index (κ3) is 13.8. The van der Waals surface area contributed by atoms with E-state index >= 15 is 0 Å². The average molecular weight is 429 g/mol.